The highest BCUT2D eigenvalue weighted by molar-refractivity contribution is 7.91. The molecule has 0 aromatic carbocycles. The maximum Gasteiger partial charge on any atom is 0.163 e. The number of hydrogen-bond acceptors (Lipinski definition) is 6. The third kappa shape index (κ3) is 1.92. The van der Waals surface area contributed by atoms with Crippen molar-refractivity contribution in [1.82, 2.24) is 19.7 Å². The van der Waals surface area contributed by atoms with Gasteiger partial charge in [0.1, 0.15) is 12.1 Å². The lowest BCUT2D eigenvalue weighted by Gasteiger charge is -2.11. The fourth-order valence-corrected chi connectivity index (χ4v) is 3.85. The predicted octanol–water partition coefficient (Wildman–Crippen LogP) is -0.0377. The van der Waals surface area contributed by atoms with Crippen LogP contribution in [0.5, 0.6) is 0 Å². The van der Waals surface area contributed by atoms with E-state index in [1.807, 2.05) is 0 Å². The second-order valence-corrected chi connectivity index (χ2v) is 6.70. The molecule has 0 saturated carbocycles. The van der Waals surface area contributed by atoms with E-state index in [0.29, 0.717) is 12.2 Å². The summed E-state index contributed by atoms with van der Waals surface area (Å²) in [6.45, 7) is 0. The Bertz CT molecular complexity index is 693. The molecule has 8 heteroatoms. The minimum atomic E-state index is -2.89. The maximum absolute atomic E-state index is 11.4. The largest absolute Gasteiger partial charge is 0.366 e. The topological polar surface area (TPSA) is 89.8 Å². The Hall–Kier alpha value is -1.70. The molecular formula is C10H13N5O2S. The number of nitrogens with one attached hydrogen (secondary N) is 1. The van der Waals surface area contributed by atoms with Crippen molar-refractivity contribution in [2.45, 2.75) is 12.5 Å². The highest BCUT2D eigenvalue weighted by Gasteiger charge is 2.28. The van der Waals surface area contributed by atoms with E-state index >= 15 is 0 Å². The summed E-state index contributed by atoms with van der Waals surface area (Å²) in [5, 5.41) is 8.09. The zero-order valence-corrected chi connectivity index (χ0v) is 10.7. The maximum atomic E-state index is 11.4. The van der Waals surface area contributed by atoms with E-state index in [4.69, 9.17) is 0 Å². The van der Waals surface area contributed by atoms with Crippen LogP contribution in [0.3, 0.4) is 0 Å². The van der Waals surface area contributed by atoms with Gasteiger partial charge >= 0.3 is 0 Å². The fourth-order valence-electron chi connectivity index (χ4n) is 2.18. The average molecular weight is 267 g/mol. The SMILES string of the molecule is Cn1ncc2c(N[C@H]3CCS(=O)(=O)C3)ncnc21. The van der Waals surface area contributed by atoms with E-state index in [0.717, 1.165) is 11.0 Å². The predicted molar refractivity (Wildman–Crippen MR) is 67.0 cm³/mol. The summed E-state index contributed by atoms with van der Waals surface area (Å²) in [5.41, 5.74) is 0.730. The first-order valence-electron chi connectivity index (χ1n) is 5.65. The van der Waals surface area contributed by atoms with Gasteiger partial charge in [-0.3, -0.25) is 4.68 Å². The van der Waals surface area contributed by atoms with Gasteiger partial charge < -0.3 is 5.32 Å². The third-order valence-corrected chi connectivity index (χ3v) is 4.87. The van der Waals surface area contributed by atoms with Gasteiger partial charge in [0.2, 0.25) is 0 Å². The lowest BCUT2D eigenvalue weighted by atomic mass is 10.2. The molecule has 3 heterocycles. The van der Waals surface area contributed by atoms with E-state index in [9.17, 15) is 8.42 Å². The van der Waals surface area contributed by atoms with Crippen LogP contribution in [0.25, 0.3) is 11.0 Å². The molecule has 0 amide bonds. The van der Waals surface area contributed by atoms with Crippen molar-refractivity contribution in [2.75, 3.05) is 16.8 Å². The molecule has 0 unspecified atom stereocenters. The summed E-state index contributed by atoms with van der Waals surface area (Å²) >= 11 is 0. The van der Waals surface area contributed by atoms with Gasteiger partial charge in [0.25, 0.3) is 0 Å². The summed E-state index contributed by atoms with van der Waals surface area (Å²) in [6, 6.07) is -0.0756. The molecule has 2 aromatic heterocycles. The molecule has 0 aliphatic carbocycles. The van der Waals surface area contributed by atoms with Gasteiger partial charge in [-0.15, -0.1) is 0 Å². The summed E-state index contributed by atoms with van der Waals surface area (Å²) < 4.78 is 24.5. The van der Waals surface area contributed by atoms with E-state index in [1.165, 1.54) is 6.33 Å². The molecule has 96 valence electrons. The van der Waals surface area contributed by atoms with Crippen LogP contribution in [0.1, 0.15) is 6.42 Å². The normalized spacial score (nSPS) is 22.4. The molecule has 1 atom stereocenters. The van der Waals surface area contributed by atoms with E-state index < -0.39 is 9.84 Å². The molecule has 0 radical (unpaired) electrons. The first-order valence-corrected chi connectivity index (χ1v) is 7.47. The summed E-state index contributed by atoms with van der Waals surface area (Å²) in [6.07, 6.45) is 3.75. The van der Waals surface area contributed by atoms with Crippen LogP contribution < -0.4 is 5.32 Å². The second-order valence-electron chi connectivity index (χ2n) is 4.47. The molecule has 0 bridgehead atoms. The monoisotopic (exact) mass is 267 g/mol. The molecule has 7 nitrogen and oxygen atoms in total. The van der Waals surface area contributed by atoms with E-state index in [2.05, 4.69) is 20.4 Å². The van der Waals surface area contributed by atoms with Gasteiger partial charge in [-0.2, -0.15) is 5.10 Å². The Morgan fingerprint density at radius 3 is 3.00 bits per heavy atom. The minimum Gasteiger partial charge on any atom is -0.366 e. The number of sulfone groups is 1. The molecule has 18 heavy (non-hydrogen) atoms. The molecule has 2 aromatic rings. The van der Waals surface area contributed by atoms with Crippen molar-refractivity contribution >= 4 is 26.7 Å². The van der Waals surface area contributed by atoms with Crippen LogP contribution in [-0.2, 0) is 16.9 Å². The number of fused-ring (bicyclic) bond motifs is 1. The van der Waals surface area contributed by atoms with Crippen LogP contribution in [0.4, 0.5) is 5.82 Å². The Morgan fingerprint density at radius 1 is 1.44 bits per heavy atom. The number of nitrogens with zero attached hydrogens (tertiary/aromatic N) is 4. The quantitative estimate of drug-likeness (QED) is 0.821. The molecular weight excluding hydrogens is 254 g/mol. The third-order valence-electron chi connectivity index (χ3n) is 3.10. The van der Waals surface area contributed by atoms with Gasteiger partial charge in [-0.25, -0.2) is 18.4 Å². The first-order chi connectivity index (χ1) is 8.55. The number of aryl methyl sites for hydroxylation is 1. The fraction of sp³-hybridized carbons (Fsp3) is 0.500. The first kappa shape index (κ1) is 11.4. The number of aromatic nitrogens is 4. The summed E-state index contributed by atoms with van der Waals surface area (Å²) in [4.78, 5) is 8.30. The van der Waals surface area contributed by atoms with Gasteiger partial charge in [0.15, 0.2) is 15.5 Å². The number of rotatable bonds is 2. The summed E-state index contributed by atoms with van der Waals surface area (Å²) in [5.74, 6) is 1.06. The van der Waals surface area contributed by atoms with Crippen molar-refractivity contribution in [1.29, 1.82) is 0 Å². The van der Waals surface area contributed by atoms with Gasteiger partial charge in [0.05, 0.1) is 23.1 Å². The molecule has 1 aliphatic rings. The van der Waals surface area contributed by atoms with Gasteiger partial charge in [-0.05, 0) is 6.42 Å². The van der Waals surface area contributed by atoms with Gasteiger partial charge in [0, 0.05) is 13.1 Å². The number of hydrogen-bond donors (Lipinski definition) is 1. The molecule has 3 rings (SSSR count). The Labute approximate surface area is 104 Å². The van der Waals surface area contributed by atoms with Crippen molar-refractivity contribution in [2.24, 2.45) is 7.05 Å². The van der Waals surface area contributed by atoms with Crippen molar-refractivity contribution in [3.8, 4) is 0 Å². The standard InChI is InChI=1S/C10H13N5O2S/c1-15-10-8(4-13-15)9(11-6-12-10)14-7-2-3-18(16,17)5-7/h4,6-7H,2-3,5H2,1H3,(H,11,12,14)/t7-/m0/s1. The molecule has 0 spiro atoms. The van der Waals surface area contributed by atoms with E-state index in [-0.39, 0.29) is 17.5 Å². The smallest absolute Gasteiger partial charge is 0.163 e. The second kappa shape index (κ2) is 3.91. The molecule has 1 saturated heterocycles. The highest BCUT2D eigenvalue weighted by atomic mass is 32.2. The molecule has 1 fully saturated rings. The van der Waals surface area contributed by atoms with Crippen LogP contribution >= 0.6 is 0 Å². The molecule has 1 aliphatic heterocycles. The van der Waals surface area contributed by atoms with Crippen molar-refractivity contribution < 1.29 is 8.42 Å². The lowest BCUT2D eigenvalue weighted by Crippen LogP contribution is -2.21. The van der Waals surface area contributed by atoms with Crippen LogP contribution in [0.2, 0.25) is 0 Å². The Kier molecular flexibility index (Phi) is 2.47. The van der Waals surface area contributed by atoms with Gasteiger partial charge in [-0.1, -0.05) is 0 Å². The van der Waals surface area contributed by atoms with Crippen molar-refractivity contribution in [3.63, 3.8) is 0 Å². The number of anilines is 1. The van der Waals surface area contributed by atoms with Crippen LogP contribution in [0, 0.1) is 0 Å². The highest BCUT2D eigenvalue weighted by Crippen LogP contribution is 2.21. The van der Waals surface area contributed by atoms with Crippen LogP contribution in [0.15, 0.2) is 12.5 Å². The zero-order chi connectivity index (χ0) is 12.8. The van der Waals surface area contributed by atoms with E-state index in [1.54, 1.807) is 17.9 Å². The zero-order valence-electron chi connectivity index (χ0n) is 9.87. The summed E-state index contributed by atoms with van der Waals surface area (Å²) in [7, 11) is -1.09. The lowest BCUT2D eigenvalue weighted by molar-refractivity contribution is 0.602. The Balaban J connectivity index is 1.92. The van der Waals surface area contributed by atoms with Crippen molar-refractivity contribution in [3.05, 3.63) is 12.5 Å². The van der Waals surface area contributed by atoms with Crippen LogP contribution in [-0.4, -0.2) is 45.7 Å². The molecule has 1 N–H and O–H groups in total. The Morgan fingerprint density at radius 2 is 2.28 bits per heavy atom. The minimum absolute atomic E-state index is 0.0756. The average Bonchev–Trinajstić information content (AvgIpc) is 2.84.